The third-order valence-electron chi connectivity index (χ3n) is 1.60. The summed E-state index contributed by atoms with van der Waals surface area (Å²) in [6.07, 6.45) is 1.76. The predicted octanol–water partition coefficient (Wildman–Crippen LogP) is 0.670. The summed E-state index contributed by atoms with van der Waals surface area (Å²) in [5.74, 6) is 0. The maximum absolute atomic E-state index is 5.73. The van der Waals surface area contributed by atoms with Gasteiger partial charge in [0, 0.05) is 12.7 Å². The van der Waals surface area contributed by atoms with Crippen LogP contribution in [0.15, 0.2) is 24.8 Å². The number of rotatable bonds is 3. The molecule has 0 saturated heterocycles. The summed E-state index contributed by atoms with van der Waals surface area (Å²) < 4.78 is 0. The van der Waals surface area contributed by atoms with Gasteiger partial charge in [-0.1, -0.05) is 36.3 Å². The Morgan fingerprint density at radius 2 is 2.25 bits per heavy atom. The Bertz CT molecular complexity index is 284. The summed E-state index contributed by atoms with van der Waals surface area (Å²) in [6.45, 7) is 3.69. The first-order valence-corrected chi connectivity index (χ1v) is 3.73. The van der Waals surface area contributed by atoms with Gasteiger partial charge in [0.1, 0.15) is 7.85 Å². The van der Waals surface area contributed by atoms with E-state index in [1.807, 2.05) is 18.2 Å². The predicted molar refractivity (Wildman–Crippen MR) is 54.6 cm³/mol. The summed E-state index contributed by atoms with van der Waals surface area (Å²) in [6, 6.07) is 5.68. The van der Waals surface area contributed by atoms with Crippen LogP contribution < -0.4 is 16.3 Å². The van der Waals surface area contributed by atoms with E-state index in [1.54, 1.807) is 13.1 Å². The Morgan fingerprint density at radius 3 is 2.83 bits per heavy atom. The normalized spacial score (nSPS) is 9.42. The van der Waals surface area contributed by atoms with E-state index in [9.17, 15) is 0 Å². The second-order valence-electron chi connectivity index (χ2n) is 2.39. The maximum atomic E-state index is 5.73. The quantitative estimate of drug-likeness (QED) is 0.499. The highest BCUT2D eigenvalue weighted by Gasteiger charge is 1.99. The van der Waals surface area contributed by atoms with Gasteiger partial charge in [-0.3, -0.25) is 0 Å². The zero-order chi connectivity index (χ0) is 8.97. The molecule has 12 heavy (non-hydrogen) atoms. The minimum absolute atomic E-state index is 0.710. The maximum Gasteiger partial charge on any atom is 0.116 e. The third-order valence-corrected chi connectivity index (χ3v) is 1.60. The molecule has 2 N–H and O–H groups in total. The van der Waals surface area contributed by atoms with Crippen molar-refractivity contribution in [2.24, 2.45) is 0 Å². The Hall–Kier alpha value is -1.22. The second-order valence-corrected chi connectivity index (χ2v) is 2.39. The van der Waals surface area contributed by atoms with Crippen molar-refractivity contribution >= 4 is 25.1 Å². The first kappa shape index (κ1) is 8.88. The Balaban J connectivity index is 3.10. The van der Waals surface area contributed by atoms with Crippen molar-refractivity contribution in [1.82, 2.24) is 5.43 Å². The van der Waals surface area contributed by atoms with Gasteiger partial charge in [0.25, 0.3) is 0 Å². The summed E-state index contributed by atoms with van der Waals surface area (Å²) in [5.41, 5.74) is 8.34. The topological polar surface area (TPSA) is 24.1 Å². The molecule has 2 radical (unpaired) electrons. The molecule has 1 aromatic rings. The summed E-state index contributed by atoms with van der Waals surface area (Å²) >= 11 is 0. The highest BCUT2D eigenvalue weighted by atomic mass is 15.3. The van der Waals surface area contributed by atoms with E-state index in [0.29, 0.717) is 5.46 Å². The molecule has 1 rings (SSSR count). The van der Waals surface area contributed by atoms with Gasteiger partial charge < -0.3 is 5.43 Å². The number of anilines is 1. The molecule has 0 unspecified atom stereocenters. The molecule has 60 valence electrons. The number of hydrogen-bond donors (Lipinski definition) is 2. The lowest BCUT2D eigenvalue weighted by Crippen LogP contribution is -2.22. The molecule has 0 atom stereocenters. The van der Waals surface area contributed by atoms with Crippen molar-refractivity contribution in [2.75, 3.05) is 12.5 Å². The van der Waals surface area contributed by atoms with Crippen LogP contribution >= 0.6 is 0 Å². The minimum Gasteiger partial charge on any atom is -0.322 e. The Morgan fingerprint density at radius 1 is 1.50 bits per heavy atom. The number of hydrazine groups is 1. The number of hydrogen-bond acceptors (Lipinski definition) is 2. The molecular formula is C9H11BN2. The standard InChI is InChI=1S/C9H11BN2/c1-3-7-5-4-6-8(10)9(7)12-11-2/h3-6,11-12H,1H2,2H3. The van der Waals surface area contributed by atoms with Gasteiger partial charge in [0.05, 0.1) is 0 Å². The molecule has 1 aromatic carbocycles. The fourth-order valence-electron chi connectivity index (χ4n) is 1.03. The van der Waals surface area contributed by atoms with Gasteiger partial charge in [-0.15, -0.1) is 0 Å². The van der Waals surface area contributed by atoms with E-state index in [0.717, 1.165) is 11.3 Å². The van der Waals surface area contributed by atoms with Crippen LogP contribution in [-0.2, 0) is 0 Å². The van der Waals surface area contributed by atoms with E-state index in [1.165, 1.54) is 0 Å². The van der Waals surface area contributed by atoms with Crippen LogP contribution in [0.4, 0.5) is 5.69 Å². The van der Waals surface area contributed by atoms with Crippen LogP contribution in [0.3, 0.4) is 0 Å². The van der Waals surface area contributed by atoms with Crippen LogP contribution in [0, 0.1) is 0 Å². The molecule has 0 spiro atoms. The number of benzene rings is 1. The third kappa shape index (κ3) is 1.68. The van der Waals surface area contributed by atoms with Gasteiger partial charge in [0.2, 0.25) is 0 Å². The van der Waals surface area contributed by atoms with Gasteiger partial charge >= 0.3 is 0 Å². The van der Waals surface area contributed by atoms with E-state index < -0.39 is 0 Å². The average Bonchev–Trinajstić information content (AvgIpc) is 2.09. The van der Waals surface area contributed by atoms with Crippen LogP contribution in [0.25, 0.3) is 6.08 Å². The van der Waals surface area contributed by atoms with Crippen molar-refractivity contribution in [3.05, 3.63) is 30.3 Å². The summed E-state index contributed by atoms with van der Waals surface area (Å²) in [5, 5.41) is 0. The van der Waals surface area contributed by atoms with Gasteiger partial charge in [-0.05, 0) is 5.56 Å². The SMILES string of the molecule is [B]c1cccc(C=C)c1NNC. The molecule has 0 saturated carbocycles. The van der Waals surface area contributed by atoms with E-state index >= 15 is 0 Å². The lowest BCUT2D eigenvalue weighted by molar-refractivity contribution is 0.986. The molecule has 0 fully saturated rings. The fraction of sp³-hybridized carbons (Fsp3) is 0.111. The molecular weight excluding hydrogens is 147 g/mol. The molecule has 0 aliphatic carbocycles. The summed E-state index contributed by atoms with van der Waals surface area (Å²) in [4.78, 5) is 0. The Kier molecular flexibility index (Phi) is 2.94. The van der Waals surface area contributed by atoms with E-state index in [-0.39, 0.29) is 0 Å². The minimum atomic E-state index is 0.710. The van der Waals surface area contributed by atoms with Crippen molar-refractivity contribution in [2.45, 2.75) is 0 Å². The second kappa shape index (κ2) is 3.97. The smallest absolute Gasteiger partial charge is 0.116 e. The molecule has 3 heteroatoms. The molecule has 0 aliphatic heterocycles. The monoisotopic (exact) mass is 158 g/mol. The molecule has 0 bridgehead atoms. The lowest BCUT2D eigenvalue weighted by atomic mass is 9.92. The van der Waals surface area contributed by atoms with Crippen molar-refractivity contribution < 1.29 is 0 Å². The van der Waals surface area contributed by atoms with Crippen LogP contribution in [0.5, 0.6) is 0 Å². The fourth-order valence-corrected chi connectivity index (χ4v) is 1.03. The van der Waals surface area contributed by atoms with Gasteiger partial charge in [-0.25, -0.2) is 5.43 Å². The highest BCUT2D eigenvalue weighted by Crippen LogP contribution is 2.11. The zero-order valence-corrected chi connectivity index (χ0v) is 7.09. The molecule has 2 nitrogen and oxygen atoms in total. The van der Waals surface area contributed by atoms with Crippen molar-refractivity contribution in [3.8, 4) is 0 Å². The van der Waals surface area contributed by atoms with Gasteiger partial charge in [-0.2, -0.15) is 0 Å². The van der Waals surface area contributed by atoms with Crippen molar-refractivity contribution in [1.29, 1.82) is 0 Å². The Labute approximate surface area is 74.1 Å². The van der Waals surface area contributed by atoms with Crippen LogP contribution in [-0.4, -0.2) is 14.9 Å². The number of para-hydroxylation sites is 1. The average molecular weight is 158 g/mol. The number of nitrogens with one attached hydrogen (secondary N) is 2. The molecule has 0 heterocycles. The largest absolute Gasteiger partial charge is 0.322 e. The lowest BCUT2D eigenvalue weighted by Gasteiger charge is -2.11. The van der Waals surface area contributed by atoms with Crippen LogP contribution in [0.1, 0.15) is 5.56 Å². The first-order chi connectivity index (χ1) is 5.79. The molecule has 0 aromatic heterocycles. The van der Waals surface area contributed by atoms with Crippen LogP contribution in [0.2, 0.25) is 0 Å². The van der Waals surface area contributed by atoms with Gasteiger partial charge in [0.15, 0.2) is 0 Å². The van der Waals surface area contributed by atoms with Crippen molar-refractivity contribution in [3.63, 3.8) is 0 Å². The summed E-state index contributed by atoms with van der Waals surface area (Å²) in [7, 11) is 7.52. The molecule has 0 amide bonds. The molecule has 0 aliphatic rings. The van der Waals surface area contributed by atoms with E-state index in [2.05, 4.69) is 17.4 Å². The highest BCUT2D eigenvalue weighted by molar-refractivity contribution is 6.36. The first-order valence-electron chi connectivity index (χ1n) is 3.73. The zero-order valence-electron chi connectivity index (χ0n) is 7.09. The van der Waals surface area contributed by atoms with E-state index in [4.69, 9.17) is 7.85 Å².